The zero-order chi connectivity index (χ0) is 26.6. The summed E-state index contributed by atoms with van der Waals surface area (Å²) in [6, 6.07) is 7.65. The van der Waals surface area contributed by atoms with E-state index in [4.69, 9.17) is 15.1 Å². The molecule has 0 aliphatic carbocycles. The van der Waals surface area contributed by atoms with Gasteiger partial charge >= 0.3 is 6.09 Å². The molecule has 2 N–H and O–H groups in total. The van der Waals surface area contributed by atoms with Crippen molar-refractivity contribution in [1.82, 2.24) is 25.1 Å². The van der Waals surface area contributed by atoms with Gasteiger partial charge in [0.25, 0.3) is 0 Å². The average molecular weight is 503 g/mol. The van der Waals surface area contributed by atoms with E-state index in [-0.39, 0.29) is 17.9 Å². The summed E-state index contributed by atoms with van der Waals surface area (Å²) in [5.41, 5.74) is 2.90. The number of likely N-dealkylation sites (tertiary alicyclic amines) is 1. The van der Waals surface area contributed by atoms with E-state index in [0.29, 0.717) is 42.7 Å². The number of fused-ring (bicyclic) bond motifs is 1. The molecule has 1 atom stereocenters. The first-order valence-electron chi connectivity index (χ1n) is 12.5. The molecule has 1 aliphatic heterocycles. The molecule has 4 rings (SSSR count). The van der Waals surface area contributed by atoms with Gasteiger partial charge in [0.15, 0.2) is 5.82 Å². The fourth-order valence-electron chi connectivity index (χ4n) is 3.87. The number of nitrogens with one attached hydrogen (secondary N) is 2. The summed E-state index contributed by atoms with van der Waals surface area (Å²) in [5, 5.41) is 19.3. The lowest BCUT2D eigenvalue weighted by Crippen LogP contribution is -2.52. The molecule has 1 fully saturated rings. The molecule has 37 heavy (non-hydrogen) atoms. The molecule has 10 nitrogen and oxygen atoms in total. The van der Waals surface area contributed by atoms with Crippen molar-refractivity contribution in [2.24, 2.45) is 10.9 Å². The highest BCUT2D eigenvalue weighted by Crippen LogP contribution is 2.23. The Morgan fingerprint density at radius 2 is 1.97 bits per heavy atom. The standard InChI is InChI=1S/C27H34N8O2/c1-17(2)19-9-25(34-31-14-19)33-24-7-6-22-23(32-24)8-20(13-30-22)21(10-28)12-29-11-18-15-35(16-18)26(36)37-27(3,4)5/h6-10,12-14,17-18,21,28H,11,15-16H2,1-5H3,(H,32,33,34). The van der Waals surface area contributed by atoms with E-state index in [0.717, 1.165) is 16.6 Å². The zero-order valence-corrected chi connectivity index (χ0v) is 22.0. The highest BCUT2D eigenvalue weighted by molar-refractivity contribution is 5.90. The van der Waals surface area contributed by atoms with Crippen molar-refractivity contribution in [1.29, 1.82) is 5.41 Å². The summed E-state index contributed by atoms with van der Waals surface area (Å²) in [5.74, 6) is 1.60. The van der Waals surface area contributed by atoms with Gasteiger partial charge in [0.2, 0.25) is 0 Å². The van der Waals surface area contributed by atoms with E-state index in [1.165, 1.54) is 6.21 Å². The maximum absolute atomic E-state index is 12.1. The molecule has 0 aromatic carbocycles. The second-order valence-corrected chi connectivity index (χ2v) is 10.6. The van der Waals surface area contributed by atoms with Gasteiger partial charge in [-0.2, -0.15) is 5.10 Å². The fraction of sp³-hybridized carbons (Fsp3) is 0.444. The number of ether oxygens (including phenoxy) is 1. The minimum atomic E-state index is -0.496. The number of nitrogens with zero attached hydrogens (tertiary/aromatic N) is 6. The summed E-state index contributed by atoms with van der Waals surface area (Å²) < 4.78 is 5.39. The Labute approximate surface area is 217 Å². The zero-order valence-electron chi connectivity index (χ0n) is 22.0. The number of aliphatic imine (C=N–C) groups is 1. The third-order valence-electron chi connectivity index (χ3n) is 5.96. The predicted octanol–water partition coefficient (Wildman–Crippen LogP) is 4.96. The Morgan fingerprint density at radius 1 is 1.19 bits per heavy atom. The topological polar surface area (TPSA) is 129 Å². The predicted molar refractivity (Wildman–Crippen MR) is 145 cm³/mol. The molecule has 194 valence electrons. The summed E-state index contributed by atoms with van der Waals surface area (Å²) >= 11 is 0. The molecular formula is C27H34N8O2. The minimum Gasteiger partial charge on any atom is -0.444 e. The smallest absolute Gasteiger partial charge is 0.410 e. The van der Waals surface area contributed by atoms with Crippen LogP contribution in [0.3, 0.4) is 0 Å². The van der Waals surface area contributed by atoms with E-state index < -0.39 is 5.60 Å². The Bertz CT molecular complexity index is 1300. The van der Waals surface area contributed by atoms with Crippen LogP contribution in [0, 0.1) is 11.3 Å². The van der Waals surface area contributed by atoms with Crippen LogP contribution in [0.1, 0.15) is 57.6 Å². The van der Waals surface area contributed by atoms with Crippen molar-refractivity contribution >= 4 is 41.2 Å². The summed E-state index contributed by atoms with van der Waals surface area (Å²) in [7, 11) is 0. The highest BCUT2D eigenvalue weighted by atomic mass is 16.6. The van der Waals surface area contributed by atoms with Crippen molar-refractivity contribution in [3.05, 3.63) is 47.8 Å². The number of hydrogen-bond donors (Lipinski definition) is 2. The highest BCUT2D eigenvalue weighted by Gasteiger charge is 2.33. The van der Waals surface area contributed by atoms with E-state index in [9.17, 15) is 4.79 Å². The number of rotatable bonds is 8. The van der Waals surface area contributed by atoms with Crippen molar-refractivity contribution in [3.8, 4) is 0 Å². The monoisotopic (exact) mass is 502 g/mol. The molecule has 4 heterocycles. The number of amides is 1. The molecule has 1 amide bonds. The number of hydrogen-bond acceptors (Lipinski definition) is 9. The van der Waals surface area contributed by atoms with Crippen LogP contribution < -0.4 is 5.32 Å². The van der Waals surface area contributed by atoms with Crippen LogP contribution in [0.2, 0.25) is 0 Å². The fourth-order valence-corrected chi connectivity index (χ4v) is 3.87. The van der Waals surface area contributed by atoms with Crippen LogP contribution in [-0.2, 0) is 4.74 Å². The second-order valence-electron chi connectivity index (χ2n) is 10.6. The largest absolute Gasteiger partial charge is 0.444 e. The molecule has 3 aromatic rings. The summed E-state index contributed by atoms with van der Waals surface area (Å²) in [4.78, 5) is 27.5. The quantitative estimate of drug-likeness (QED) is 0.417. The van der Waals surface area contributed by atoms with Gasteiger partial charge in [0.1, 0.15) is 11.4 Å². The molecule has 0 radical (unpaired) electrons. The molecule has 10 heteroatoms. The summed E-state index contributed by atoms with van der Waals surface area (Å²) in [6.07, 6.45) is 6.34. The lowest BCUT2D eigenvalue weighted by Gasteiger charge is -2.39. The van der Waals surface area contributed by atoms with Crippen LogP contribution in [0.15, 0.2) is 41.7 Å². The molecule has 1 aliphatic rings. The van der Waals surface area contributed by atoms with Crippen LogP contribution in [-0.4, -0.2) is 68.8 Å². The third kappa shape index (κ3) is 6.84. The van der Waals surface area contributed by atoms with Gasteiger partial charge in [0, 0.05) is 44.2 Å². The first-order valence-corrected chi connectivity index (χ1v) is 12.5. The Hall–Kier alpha value is -3.95. The first-order chi connectivity index (χ1) is 17.6. The SMILES string of the molecule is CC(C)c1cnnc(Nc2ccc3ncc(C(C=N)C=NCC4CN(C(=O)OC(C)(C)C)C4)cc3n2)c1. The molecule has 0 bridgehead atoms. The van der Waals surface area contributed by atoms with Crippen LogP contribution in [0.5, 0.6) is 0 Å². The van der Waals surface area contributed by atoms with E-state index in [2.05, 4.69) is 39.3 Å². The number of pyridine rings is 2. The molecule has 0 spiro atoms. The number of carbonyl (C=O) groups excluding carboxylic acids is 1. The Morgan fingerprint density at radius 3 is 2.68 bits per heavy atom. The molecule has 1 unspecified atom stereocenters. The van der Waals surface area contributed by atoms with Gasteiger partial charge in [-0.05, 0) is 62.1 Å². The summed E-state index contributed by atoms with van der Waals surface area (Å²) in [6.45, 7) is 11.6. The van der Waals surface area contributed by atoms with Crippen molar-refractivity contribution < 1.29 is 9.53 Å². The number of carbonyl (C=O) groups is 1. The van der Waals surface area contributed by atoms with Gasteiger partial charge < -0.3 is 20.4 Å². The Kier molecular flexibility index (Phi) is 7.75. The van der Waals surface area contributed by atoms with Crippen LogP contribution in [0.4, 0.5) is 16.4 Å². The van der Waals surface area contributed by atoms with Crippen LogP contribution in [0.25, 0.3) is 11.0 Å². The van der Waals surface area contributed by atoms with Crippen LogP contribution >= 0.6 is 0 Å². The molecule has 0 saturated carbocycles. The van der Waals surface area contributed by atoms with Crippen molar-refractivity contribution in [3.63, 3.8) is 0 Å². The van der Waals surface area contributed by atoms with E-state index >= 15 is 0 Å². The lowest BCUT2D eigenvalue weighted by atomic mass is 10.0. The minimum absolute atomic E-state index is 0.284. The third-order valence-corrected chi connectivity index (χ3v) is 5.96. The van der Waals surface area contributed by atoms with Crippen molar-refractivity contribution in [2.45, 2.75) is 52.1 Å². The first kappa shape index (κ1) is 26.1. The molecule has 1 saturated heterocycles. The molecular weight excluding hydrogens is 468 g/mol. The molecule has 3 aromatic heterocycles. The van der Waals surface area contributed by atoms with Gasteiger partial charge in [-0.15, -0.1) is 5.10 Å². The second kappa shape index (κ2) is 11.0. The van der Waals surface area contributed by atoms with Gasteiger partial charge in [-0.3, -0.25) is 9.98 Å². The normalized spacial score (nSPS) is 15.1. The van der Waals surface area contributed by atoms with E-state index in [1.807, 2.05) is 45.0 Å². The maximum atomic E-state index is 12.1. The number of aromatic nitrogens is 4. The van der Waals surface area contributed by atoms with E-state index in [1.54, 1.807) is 23.5 Å². The average Bonchev–Trinajstić information content (AvgIpc) is 2.81. The number of anilines is 2. The van der Waals surface area contributed by atoms with Crippen molar-refractivity contribution in [2.75, 3.05) is 25.0 Å². The van der Waals surface area contributed by atoms with Gasteiger partial charge in [0.05, 0.1) is 23.1 Å². The van der Waals surface area contributed by atoms with Gasteiger partial charge in [-0.25, -0.2) is 9.78 Å². The van der Waals surface area contributed by atoms with Gasteiger partial charge in [-0.1, -0.05) is 13.8 Å². The Balaban J connectivity index is 1.39. The maximum Gasteiger partial charge on any atom is 0.410 e. The lowest BCUT2D eigenvalue weighted by molar-refractivity contribution is 0.000410.